The molecular formula is C16H14N4O4S2. The van der Waals surface area contributed by atoms with Crippen LogP contribution in [0.1, 0.15) is 10.6 Å². The van der Waals surface area contributed by atoms with Gasteiger partial charge in [0, 0.05) is 41.5 Å². The Morgan fingerprint density at radius 1 is 1.23 bits per heavy atom. The number of thiazole rings is 1. The summed E-state index contributed by atoms with van der Waals surface area (Å²) in [6.45, 7) is 1.90. The smallest absolute Gasteiger partial charge is 0.264 e. The topological polar surface area (TPSA) is 115 Å². The van der Waals surface area contributed by atoms with Crippen molar-refractivity contribution < 1.29 is 13.3 Å². The maximum Gasteiger partial charge on any atom is 0.269 e. The van der Waals surface area contributed by atoms with E-state index >= 15 is 0 Å². The highest BCUT2D eigenvalue weighted by Crippen LogP contribution is 2.27. The summed E-state index contributed by atoms with van der Waals surface area (Å²) in [6.07, 6.45) is 3.37. The Hall–Kier alpha value is -2.69. The number of aryl methyl sites for hydroxylation is 1. The minimum absolute atomic E-state index is 0.0299. The van der Waals surface area contributed by atoms with E-state index in [1.807, 2.05) is 19.1 Å². The number of non-ortho nitro benzene ring substituents is 1. The first kappa shape index (κ1) is 18.1. The molecule has 26 heavy (non-hydrogen) atoms. The summed E-state index contributed by atoms with van der Waals surface area (Å²) in [7, 11) is -3.78. The molecule has 10 heteroatoms. The predicted molar refractivity (Wildman–Crippen MR) is 97.2 cm³/mol. The molecule has 2 heterocycles. The van der Waals surface area contributed by atoms with Crippen molar-refractivity contribution in [1.82, 2.24) is 14.7 Å². The van der Waals surface area contributed by atoms with E-state index in [9.17, 15) is 18.5 Å². The van der Waals surface area contributed by atoms with Gasteiger partial charge in [-0.05, 0) is 31.2 Å². The molecule has 0 fully saturated rings. The van der Waals surface area contributed by atoms with E-state index in [1.54, 1.807) is 12.4 Å². The van der Waals surface area contributed by atoms with Gasteiger partial charge in [-0.1, -0.05) is 0 Å². The summed E-state index contributed by atoms with van der Waals surface area (Å²) < 4.78 is 27.2. The normalized spacial score (nSPS) is 11.4. The zero-order valence-electron chi connectivity index (χ0n) is 13.6. The lowest BCUT2D eigenvalue weighted by atomic mass is 10.3. The van der Waals surface area contributed by atoms with Gasteiger partial charge >= 0.3 is 0 Å². The molecule has 0 radical (unpaired) electrons. The Balaban J connectivity index is 1.76. The number of nitro benzene ring substituents is 1. The number of sulfonamides is 1. The van der Waals surface area contributed by atoms with Crippen molar-refractivity contribution in [3.8, 4) is 10.6 Å². The fraction of sp³-hybridized carbons (Fsp3) is 0.125. The van der Waals surface area contributed by atoms with Gasteiger partial charge in [0.25, 0.3) is 5.69 Å². The lowest BCUT2D eigenvalue weighted by Gasteiger charge is -2.05. The SMILES string of the molecule is Cc1nc(-c2cccnc2)sc1CNS(=O)(=O)c1ccc([N+](=O)[O-])cc1. The van der Waals surface area contributed by atoms with Gasteiger partial charge in [-0.3, -0.25) is 15.1 Å². The molecule has 0 saturated heterocycles. The van der Waals surface area contributed by atoms with Crippen molar-refractivity contribution in [2.24, 2.45) is 0 Å². The average Bonchev–Trinajstić information content (AvgIpc) is 3.02. The van der Waals surface area contributed by atoms with Crippen molar-refractivity contribution in [2.45, 2.75) is 18.4 Å². The van der Waals surface area contributed by atoms with Gasteiger partial charge in [-0.2, -0.15) is 0 Å². The quantitative estimate of drug-likeness (QED) is 0.511. The van der Waals surface area contributed by atoms with Crippen LogP contribution in [0.2, 0.25) is 0 Å². The van der Waals surface area contributed by atoms with Crippen molar-refractivity contribution in [2.75, 3.05) is 0 Å². The molecule has 0 atom stereocenters. The van der Waals surface area contributed by atoms with Crippen LogP contribution in [0.25, 0.3) is 10.6 Å². The van der Waals surface area contributed by atoms with Gasteiger partial charge in [-0.15, -0.1) is 11.3 Å². The highest BCUT2D eigenvalue weighted by atomic mass is 32.2. The Bertz CT molecular complexity index is 1030. The minimum atomic E-state index is -3.78. The molecule has 2 aromatic heterocycles. The van der Waals surface area contributed by atoms with Crippen molar-refractivity contribution in [1.29, 1.82) is 0 Å². The summed E-state index contributed by atoms with van der Waals surface area (Å²) >= 11 is 1.39. The van der Waals surface area contributed by atoms with Crippen LogP contribution < -0.4 is 4.72 Å². The van der Waals surface area contributed by atoms with Gasteiger partial charge in [0.2, 0.25) is 10.0 Å². The second kappa shape index (κ2) is 7.28. The van der Waals surface area contributed by atoms with Crippen LogP contribution in [-0.4, -0.2) is 23.3 Å². The molecule has 0 saturated carbocycles. The molecule has 0 aliphatic carbocycles. The monoisotopic (exact) mass is 390 g/mol. The first-order valence-electron chi connectivity index (χ1n) is 7.47. The largest absolute Gasteiger partial charge is 0.269 e. The van der Waals surface area contributed by atoms with Gasteiger partial charge < -0.3 is 0 Å². The molecule has 0 aliphatic heterocycles. The van der Waals surface area contributed by atoms with E-state index < -0.39 is 14.9 Å². The van der Waals surface area contributed by atoms with Gasteiger partial charge in [0.15, 0.2) is 0 Å². The number of benzene rings is 1. The maximum atomic E-state index is 12.4. The highest BCUT2D eigenvalue weighted by molar-refractivity contribution is 7.89. The Morgan fingerprint density at radius 3 is 2.58 bits per heavy atom. The summed E-state index contributed by atoms with van der Waals surface area (Å²) in [6, 6.07) is 8.43. The summed E-state index contributed by atoms with van der Waals surface area (Å²) in [5, 5.41) is 11.4. The molecule has 1 N–H and O–H groups in total. The van der Waals surface area contributed by atoms with Crippen molar-refractivity contribution >= 4 is 27.0 Å². The van der Waals surface area contributed by atoms with Crippen LogP contribution in [0, 0.1) is 17.0 Å². The molecule has 3 rings (SSSR count). The molecule has 3 aromatic rings. The van der Waals surface area contributed by atoms with Crippen LogP contribution in [0.3, 0.4) is 0 Å². The standard InChI is InChI=1S/C16H14N4O4S2/c1-11-15(25-16(19-11)12-3-2-8-17-9-12)10-18-26(23,24)14-6-4-13(5-7-14)20(21)22/h2-9,18H,10H2,1H3. The number of nitro groups is 1. The van der Waals surface area contributed by atoms with Crippen LogP contribution in [0.5, 0.6) is 0 Å². The number of pyridine rings is 1. The number of rotatable bonds is 6. The number of hydrogen-bond donors (Lipinski definition) is 1. The van der Waals surface area contributed by atoms with Crippen LogP contribution in [0.4, 0.5) is 5.69 Å². The van der Waals surface area contributed by atoms with E-state index in [1.165, 1.54) is 23.5 Å². The second-order valence-electron chi connectivity index (χ2n) is 5.34. The lowest BCUT2D eigenvalue weighted by molar-refractivity contribution is -0.384. The second-order valence-corrected chi connectivity index (χ2v) is 8.20. The van der Waals surface area contributed by atoms with E-state index in [2.05, 4.69) is 14.7 Å². The fourth-order valence-corrected chi connectivity index (χ4v) is 4.27. The highest BCUT2D eigenvalue weighted by Gasteiger charge is 2.17. The zero-order valence-corrected chi connectivity index (χ0v) is 15.3. The first-order chi connectivity index (χ1) is 12.4. The first-order valence-corrected chi connectivity index (χ1v) is 9.77. The Labute approximate surface area is 153 Å². The third kappa shape index (κ3) is 3.93. The zero-order chi connectivity index (χ0) is 18.7. The average molecular weight is 390 g/mol. The lowest BCUT2D eigenvalue weighted by Crippen LogP contribution is -2.23. The fourth-order valence-electron chi connectivity index (χ4n) is 2.20. The van der Waals surface area contributed by atoms with Crippen LogP contribution in [-0.2, 0) is 16.6 Å². The van der Waals surface area contributed by atoms with E-state index in [0.717, 1.165) is 33.3 Å². The summed E-state index contributed by atoms with van der Waals surface area (Å²) in [4.78, 5) is 19.3. The van der Waals surface area contributed by atoms with Gasteiger partial charge in [-0.25, -0.2) is 18.1 Å². The molecule has 134 valence electrons. The van der Waals surface area contributed by atoms with E-state index in [4.69, 9.17) is 0 Å². The molecule has 0 aliphatic rings. The van der Waals surface area contributed by atoms with Gasteiger partial charge in [0.1, 0.15) is 5.01 Å². The third-order valence-corrected chi connectivity index (χ3v) is 6.21. The van der Waals surface area contributed by atoms with Crippen LogP contribution >= 0.6 is 11.3 Å². The molecule has 0 spiro atoms. The maximum absolute atomic E-state index is 12.4. The van der Waals surface area contributed by atoms with Gasteiger partial charge in [0.05, 0.1) is 15.5 Å². The molecule has 0 amide bonds. The molecule has 0 unspecified atom stereocenters. The minimum Gasteiger partial charge on any atom is -0.264 e. The molecule has 1 aromatic carbocycles. The summed E-state index contributed by atoms with van der Waals surface area (Å²) in [5.74, 6) is 0. The predicted octanol–water partition coefficient (Wildman–Crippen LogP) is 2.90. The Morgan fingerprint density at radius 2 is 1.96 bits per heavy atom. The number of nitrogens with one attached hydrogen (secondary N) is 1. The molecular weight excluding hydrogens is 376 g/mol. The van der Waals surface area contributed by atoms with Crippen LogP contribution in [0.15, 0.2) is 53.7 Å². The molecule has 8 nitrogen and oxygen atoms in total. The number of hydrogen-bond acceptors (Lipinski definition) is 7. The third-order valence-electron chi connectivity index (χ3n) is 3.58. The number of nitrogens with zero attached hydrogens (tertiary/aromatic N) is 3. The molecule has 0 bridgehead atoms. The van der Waals surface area contributed by atoms with Crippen molar-refractivity contribution in [3.63, 3.8) is 0 Å². The summed E-state index contributed by atoms with van der Waals surface area (Å²) in [5.41, 5.74) is 1.44. The van der Waals surface area contributed by atoms with E-state index in [0.29, 0.717) is 0 Å². The van der Waals surface area contributed by atoms with Crippen molar-refractivity contribution in [3.05, 3.63) is 69.5 Å². The van der Waals surface area contributed by atoms with E-state index in [-0.39, 0.29) is 17.1 Å². The Kier molecular flexibility index (Phi) is 5.07. The number of aromatic nitrogens is 2.